The average molecular weight is 289 g/mol. The van der Waals surface area contributed by atoms with E-state index >= 15 is 0 Å². The molecule has 4 nitrogen and oxygen atoms in total. The first-order valence-corrected chi connectivity index (χ1v) is 7.10. The summed E-state index contributed by atoms with van der Waals surface area (Å²) >= 11 is 0. The van der Waals surface area contributed by atoms with E-state index < -0.39 is 5.54 Å². The van der Waals surface area contributed by atoms with Crippen LogP contribution in [0.15, 0.2) is 0 Å². The fourth-order valence-corrected chi connectivity index (χ4v) is 3.85. The molecule has 2 saturated carbocycles. The van der Waals surface area contributed by atoms with Crippen LogP contribution in [0.3, 0.4) is 0 Å². The van der Waals surface area contributed by atoms with Gasteiger partial charge in [0.2, 0.25) is 5.91 Å². The zero-order chi connectivity index (χ0) is 13.1. The zero-order valence-electron chi connectivity index (χ0n) is 11.9. The van der Waals surface area contributed by atoms with Gasteiger partial charge >= 0.3 is 0 Å². The van der Waals surface area contributed by atoms with Gasteiger partial charge in [-0.05, 0) is 25.2 Å². The first-order valence-electron chi connectivity index (χ1n) is 7.10. The Labute approximate surface area is 121 Å². The minimum absolute atomic E-state index is 0. The van der Waals surface area contributed by atoms with Gasteiger partial charge in [0, 0.05) is 24.0 Å². The Bertz CT molecular complexity index is 388. The lowest BCUT2D eigenvalue weighted by Crippen LogP contribution is -2.82. The normalized spacial score (nSPS) is 46.3. The number of nitrogens with two attached hydrogens (primary N) is 1. The van der Waals surface area contributed by atoms with Crippen LogP contribution < -0.4 is 11.1 Å². The SMILES string of the molecule is CC1CC1NC(=O)C1(N)C2CCCOC2C1(C)C.Cl. The lowest BCUT2D eigenvalue weighted by molar-refractivity contribution is -0.225. The Morgan fingerprint density at radius 3 is 2.63 bits per heavy atom. The lowest BCUT2D eigenvalue weighted by atomic mass is 9.46. The number of rotatable bonds is 2. The molecule has 0 bridgehead atoms. The van der Waals surface area contributed by atoms with Crippen LogP contribution in [-0.4, -0.2) is 30.2 Å². The second kappa shape index (κ2) is 4.61. The average Bonchev–Trinajstić information content (AvgIpc) is 3.03. The topological polar surface area (TPSA) is 64.4 Å². The Kier molecular flexibility index (Phi) is 3.65. The number of nitrogens with one attached hydrogen (secondary N) is 1. The second-order valence-electron chi connectivity index (χ2n) is 6.92. The number of fused-ring (bicyclic) bond motifs is 1. The van der Waals surface area contributed by atoms with E-state index in [0.717, 1.165) is 25.9 Å². The van der Waals surface area contributed by atoms with E-state index in [1.807, 2.05) is 0 Å². The first kappa shape index (κ1) is 15.1. The summed E-state index contributed by atoms with van der Waals surface area (Å²) in [6, 6.07) is 0.345. The molecule has 1 amide bonds. The number of hydrogen-bond donors (Lipinski definition) is 2. The maximum absolute atomic E-state index is 12.5. The van der Waals surface area contributed by atoms with Crippen LogP contribution in [0, 0.1) is 17.3 Å². The van der Waals surface area contributed by atoms with Gasteiger partial charge in [-0.15, -0.1) is 12.4 Å². The number of carbonyl (C=O) groups is 1. The molecular formula is C14H25ClN2O2. The molecule has 0 radical (unpaired) electrons. The van der Waals surface area contributed by atoms with E-state index in [0.29, 0.717) is 12.0 Å². The Morgan fingerprint density at radius 1 is 1.42 bits per heavy atom. The van der Waals surface area contributed by atoms with Crippen molar-refractivity contribution >= 4 is 18.3 Å². The third-order valence-corrected chi connectivity index (χ3v) is 5.49. The van der Waals surface area contributed by atoms with Crippen LogP contribution in [0.2, 0.25) is 0 Å². The highest BCUT2D eigenvalue weighted by atomic mass is 35.5. The van der Waals surface area contributed by atoms with Crippen LogP contribution >= 0.6 is 12.4 Å². The summed E-state index contributed by atoms with van der Waals surface area (Å²) in [4.78, 5) is 12.5. The first-order chi connectivity index (χ1) is 8.39. The van der Waals surface area contributed by atoms with Crippen molar-refractivity contribution in [2.75, 3.05) is 6.61 Å². The molecule has 0 spiro atoms. The van der Waals surface area contributed by atoms with Gasteiger partial charge in [0.15, 0.2) is 0 Å². The molecule has 1 heterocycles. The van der Waals surface area contributed by atoms with Gasteiger partial charge < -0.3 is 15.8 Å². The molecule has 1 saturated heterocycles. The van der Waals surface area contributed by atoms with Gasteiger partial charge in [-0.25, -0.2) is 0 Å². The van der Waals surface area contributed by atoms with E-state index in [9.17, 15) is 4.79 Å². The minimum Gasteiger partial charge on any atom is -0.377 e. The van der Waals surface area contributed by atoms with Gasteiger partial charge in [-0.3, -0.25) is 4.79 Å². The van der Waals surface area contributed by atoms with Gasteiger partial charge in [0.05, 0.1) is 6.10 Å². The summed E-state index contributed by atoms with van der Waals surface area (Å²) in [6.45, 7) is 7.10. The maximum Gasteiger partial charge on any atom is 0.241 e. The van der Waals surface area contributed by atoms with Crippen LogP contribution in [-0.2, 0) is 9.53 Å². The van der Waals surface area contributed by atoms with Crippen molar-refractivity contribution in [1.82, 2.24) is 5.32 Å². The molecule has 3 aliphatic rings. The second-order valence-corrected chi connectivity index (χ2v) is 6.92. The Balaban J connectivity index is 0.00000133. The summed E-state index contributed by atoms with van der Waals surface area (Å²) < 4.78 is 5.82. The summed E-state index contributed by atoms with van der Waals surface area (Å²) in [5.74, 6) is 0.836. The predicted octanol–water partition coefficient (Wildman–Crippen LogP) is 1.47. The molecule has 0 aromatic heterocycles. The Hall–Kier alpha value is -0.320. The van der Waals surface area contributed by atoms with E-state index in [4.69, 9.17) is 10.5 Å². The molecule has 19 heavy (non-hydrogen) atoms. The van der Waals surface area contributed by atoms with Crippen LogP contribution in [0.5, 0.6) is 0 Å². The predicted molar refractivity (Wildman–Crippen MR) is 76.1 cm³/mol. The van der Waals surface area contributed by atoms with E-state index in [2.05, 4.69) is 26.1 Å². The lowest BCUT2D eigenvalue weighted by Gasteiger charge is -2.65. The van der Waals surface area contributed by atoms with Crippen molar-refractivity contribution in [2.45, 2.75) is 57.7 Å². The zero-order valence-corrected chi connectivity index (χ0v) is 12.8. The number of carbonyl (C=O) groups excluding carboxylic acids is 1. The molecule has 0 aromatic carbocycles. The fourth-order valence-electron chi connectivity index (χ4n) is 3.85. The van der Waals surface area contributed by atoms with Gasteiger partial charge in [0.1, 0.15) is 5.54 Å². The molecule has 1 aliphatic heterocycles. The molecule has 5 unspecified atom stereocenters. The highest BCUT2D eigenvalue weighted by Gasteiger charge is 2.70. The summed E-state index contributed by atoms with van der Waals surface area (Å²) in [7, 11) is 0. The minimum atomic E-state index is -0.750. The highest BCUT2D eigenvalue weighted by Crippen LogP contribution is 2.57. The largest absolute Gasteiger partial charge is 0.377 e. The summed E-state index contributed by atoms with van der Waals surface area (Å²) in [6.07, 6.45) is 3.27. The van der Waals surface area contributed by atoms with Gasteiger partial charge in [0.25, 0.3) is 0 Å². The molecule has 5 atom stereocenters. The maximum atomic E-state index is 12.5. The third-order valence-electron chi connectivity index (χ3n) is 5.49. The fraction of sp³-hybridized carbons (Fsp3) is 0.929. The number of ether oxygens (including phenoxy) is 1. The highest BCUT2D eigenvalue weighted by molar-refractivity contribution is 5.90. The van der Waals surface area contributed by atoms with Crippen LogP contribution in [0.1, 0.15) is 40.0 Å². The number of amides is 1. The Morgan fingerprint density at radius 2 is 2.05 bits per heavy atom. The molecule has 0 aromatic rings. The van der Waals surface area contributed by atoms with E-state index in [1.165, 1.54) is 0 Å². The van der Waals surface area contributed by atoms with Crippen molar-refractivity contribution in [1.29, 1.82) is 0 Å². The van der Waals surface area contributed by atoms with Gasteiger partial charge in [-0.2, -0.15) is 0 Å². The van der Waals surface area contributed by atoms with E-state index in [-0.39, 0.29) is 35.8 Å². The molecule has 3 rings (SSSR count). The third kappa shape index (κ3) is 1.91. The van der Waals surface area contributed by atoms with Crippen LogP contribution in [0.4, 0.5) is 0 Å². The summed E-state index contributed by atoms with van der Waals surface area (Å²) in [5, 5.41) is 3.12. The number of hydrogen-bond acceptors (Lipinski definition) is 3. The monoisotopic (exact) mass is 288 g/mol. The van der Waals surface area contributed by atoms with Gasteiger partial charge in [-0.1, -0.05) is 20.8 Å². The van der Waals surface area contributed by atoms with Crippen molar-refractivity contribution in [3.8, 4) is 0 Å². The molecule has 110 valence electrons. The van der Waals surface area contributed by atoms with Crippen molar-refractivity contribution in [3.05, 3.63) is 0 Å². The van der Waals surface area contributed by atoms with Crippen LogP contribution in [0.25, 0.3) is 0 Å². The van der Waals surface area contributed by atoms with Crippen molar-refractivity contribution in [3.63, 3.8) is 0 Å². The summed E-state index contributed by atoms with van der Waals surface area (Å²) in [5.41, 5.74) is 5.50. The van der Waals surface area contributed by atoms with Crippen molar-refractivity contribution < 1.29 is 9.53 Å². The quantitative estimate of drug-likeness (QED) is 0.809. The smallest absolute Gasteiger partial charge is 0.241 e. The van der Waals surface area contributed by atoms with E-state index in [1.54, 1.807) is 0 Å². The standard InChI is InChI=1S/C14H24N2O2.ClH/c1-8-7-10(8)16-12(17)14(15)9-5-4-6-18-11(9)13(14,2)3;/h8-11H,4-7,15H2,1-3H3,(H,16,17);1H. The molecule has 3 N–H and O–H groups in total. The molecule has 5 heteroatoms. The molecule has 2 aliphatic carbocycles. The molecule has 3 fully saturated rings. The van der Waals surface area contributed by atoms with Crippen molar-refractivity contribution in [2.24, 2.45) is 23.0 Å². The molecular weight excluding hydrogens is 264 g/mol. The number of halogens is 1.